The summed E-state index contributed by atoms with van der Waals surface area (Å²) < 4.78 is 39.1. The molecule has 1 aliphatic heterocycles. The lowest BCUT2D eigenvalue weighted by molar-refractivity contribution is 0.0782. The summed E-state index contributed by atoms with van der Waals surface area (Å²) in [5, 5.41) is 0. The molecule has 0 fully saturated rings. The smallest absolute Gasteiger partial charge is 0.269 e. The van der Waals surface area contributed by atoms with Crippen molar-refractivity contribution in [2.24, 2.45) is 0 Å². The summed E-state index contributed by atoms with van der Waals surface area (Å²) in [7, 11) is -2.40. The van der Waals surface area contributed by atoms with Crippen molar-refractivity contribution in [3.8, 4) is 0 Å². The summed E-state index contributed by atoms with van der Waals surface area (Å²) in [5.41, 5.74) is 0.976. The van der Waals surface area contributed by atoms with Crippen molar-refractivity contribution in [2.75, 3.05) is 7.05 Å². The molecule has 142 valence electrons. The third-order valence-electron chi connectivity index (χ3n) is 4.34. The number of hydrogen-bond donors (Lipinski definition) is 0. The molecule has 2 amide bonds. The summed E-state index contributed by atoms with van der Waals surface area (Å²) in [6.07, 6.45) is 0. The normalized spacial score (nSPS) is 15.1. The van der Waals surface area contributed by atoms with E-state index in [-0.39, 0.29) is 28.4 Å². The van der Waals surface area contributed by atoms with E-state index in [0.29, 0.717) is 0 Å². The van der Waals surface area contributed by atoms with Crippen molar-refractivity contribution >= 4 is 21.8 Å². The molecule has 0 atom stereocenters. The van der Waals surface area contributed by atoms with E-state index in [1.54, 1.807) is 33.0 Å². The number of benzene rings is 2. The van der Waals surface area contributed by atoms with Gasteiger partial charge in [0.1, 0.15) is 10.7 Å². The van der Waals surface area contributed by atoms with Gasteiger partial charge in [-0.15, -0.1) is 0 Å². The lowest BCUT2D eigenvalue weighted by Gasteiger charge is -2.19. The highest BCUT2D eigenvalue weighted by atomic mass is 32.2. The zero-order chi connectivity index (χ0) is 19.9. The summed E-state index contributed by atoms with van der Waals surface area (Å²) in [4.78, 5) is 26.3. The maximum atomic E-state index is 13.0. The maximum Gasteiger partial charge on any atom is 0.269 e. The third kappa shape index (κ3) is 3.32. The van der Waals surface area contributed by atoms with Gasteiger partial charge in [-0.05, 0) is 49.7 Å². The molecule has 0 spiro atoms. The molecule has 2 aromatic carbocycles. The molecule has 0 N–H and O–H groups in total. The molecule has 0 bridgehead atoms. The van der Waals surface area contributed by atoms with Crippen LogP contribution in [0.25, 0.3) is 0 Å². The molecule has 1 aliphatic rings. The number of hydrogen-bond acceptors (Lipinski definition) is 4. The molecule has 0 unspecified atom stereocenters. The molecule has 1 heterocycles. The van der Waals surface area contributed by atoms with E-state index >= 15 is 0 Å². The van der Waals surface area contributed by atoms with Crippen molar-refractivity contribution < 1.29 is 22.4 Å². The monoisotopic (exact) mass is 390 g/mol. The number of sulfonamides is 1. The van der Waals surface area contributed by atoms with Crippen LogP contribution >= 0.6 is 0 Å². The zero-order valence-electron chi connectivity index (χ0n) is 15.1. The van der Waals surface area contributed by atoms with Crippen molar-refractivity contribution in [1.29, 1.82) is 0 Å². The number of halogens is 1. The van der Waals surface area contributed by atoms with E-state index in [1.165, 1.54) is 35.2 Å². The number of nitrogens with zero attached hydrogens (tertiary/aromatic N) is 2. The van der Waals surface area contributed by atoms with Crippen molar-refractivity contribution in [3.05, 3.63) is 65.0 Å². The van der Waals surface area contributed by atoms with Gasteiger partial charge in [0, 0.05) is 25.2 Å². The van der Waals surface area contributed by atoms with Crippen LogP contribution in [0, 0.1) is 5.82 Å². The Morgan fingerprint density at radius 1 is 1.15 bits per heavy atom. The fourth-order valence-electron chi connectivity index (χ4n) is 3.05. The number of carbonyl (C=O) groups excluding carboxylic acids is 2. The van der Waals surface area contributed by atoms with Crippen LogP contribution in [0.5, 0.6) is 0 Å². The van der Waals surface area contributed by atoms with Crippen LogP contribution in [0.2, 0.25) is 0 Å². The predicted octanol–water partition coefficient (Wildman–Crippen LogP) is 2.65. The van der Waals surface area contributed by atoms with Gasteiger partial charge in [0.15, 0.2) is 0 Å². The van der Waals surface area contributed by atoms with E-state index in [0.717, 1.165) is 9.87 Å². The highest BCUT2D eigenvalue weighted by Gasteiger charge is 2.43. The van der Waals surface area contributed by atoms with E-state index in [4.69, 9.17) is 0 Å². The van der Waals surface area contributed by atoms with Crippen LogP contribution in [0.15, 0.2) is 47.4 Å². The minimum absolute atomic E-state index is 0.0708. The summed E-state index contributed by atoms with van der Waals surface area (Å²) in [5.74, 6) is -1.35. The van der Waals surface area contributed by atoms with Crippen LogP contribution in [0.1, 0.15) is 40.1 Å². The van der Waals surface area contributed by atoms with E-state index < -0.39 is 27.9 Å². The molecule has 27 heavy (non-hydrogen) atoms. The zero-order valence-corrected chi connectivity index (χ0v) is 16.0. The summed E-state index contributed by atoms with van der Waals surface area (Å²) in [6, 6.07) is 9.31. The summed E-state index contributed by atoms with van der Waals surface area (Å²) in [6.45, 7) is 3.47. The molecular formula is C19H19FN2O4S. The Hall–Kier alpha value is -2.74. The van der Waals surface area contributed by atoms with Gasteiger partial charge in [-0.1, -0.05) is 12.1 Å². The van der Waals surface area contributed by atoms with Gasteiger partial charge in [0.05, 0.1) is 5.56 Å². The van der Waals surface area contributed by atoms with Crippen LogP contribution < -0.4 is 0 Å². The summed E-state index contributed by atoms with van der Waals surface area (Å²) >= 11 is 0. The number of amides is 2. The Morgan fingerprint density at radius 3 is 2.37 bits per heavy atom. The van der Waals surface area contributed by atoms with Gasteiger partial charge < -0.3 is 4.90 Å². The van der Waals surface area contributed by atoms with E-state index in [2.05, 4.69) is 0 Å². The molecule has 0 saturated heterocycles. The Balaban J connectivity index is 1.89. The first-order valence-corrected chi connectivity index (χ1v) is 9.79. The van der Waals surface area contributed by atoms with E-state index in [1.807, 2.05) is 0 Å². The minimum atomic E-state index is -3.97. The second kappa shape index (κ2) is 6.77. The average molecular weight is 390 g/mol. The molecule has 3 rings (SSSR count). The first-order chi connectivity index (χ1) is 12.6. The van der Waals surface area contributed by atoms with Gasteiger partial charge in [-0.2, -0.15) is 0 Å². The first kappa shape index (κ1) is 19.0. The molecule has 0 saturated carbocycles. The van der Waals surface area contributed by atoms with Crippen LogP contribution in [-0.4, -0.2) is 42.5 Å². The third-order valence-corrected chi connectivity index (χ3v) is 6.34. The highest BCUT2D eigenvalue weighted by Crippen LogP contribution is 2.32. The predicted molar refractivity (Wildman–Crippen MR) is 97.1 cm³/mol. The molecule has 2 aromatic rings. The van der Waals surface area contributed by atoms with Crippen molar-refractivity contribution in [3.63, 3.8) is 0 Å². The van der Waals surface area contributed by atoms with Gasteiger partial charge in [0.2, 0.25) is 0 Å². The Bertz CT molecular complexity index is 1020. The molecule has 6 nitrogen and oxygen atoms in total. The number of rotatable bonds is 4. The second-order valence-electron chi connectivity index (χ2n) is 6.70. The number of fused-ring (bicyclic) bond motifs is 1. The standard InChI is InChI=1S/C19H19FN2O4S/c1-12(2)22-19(24)16-9-6-14(10-17(16)27(22,25)26)18(23)21(3)11-13-4-7-15(20)8-5-13/h4-10,12H,11H2,1-3H3. The SMILES string of the molecule is CC(C)N1C(=O)c2ccc(C(=O)N(C)Cc3ccc(F)cc3)cc2S1(=O)=O. The van der Waals surface area contributed by atoms with Crippen LogP contribution in [0.3, 0.4) is 0 Å². The average Bonchev–Trinajstić information content (AvgIpc) is 2.81. The molecule has 0 aromatic heterocycles. The first-order valence-electron chi connectivity index (χ1n) is 8.35. The maximum absolute atomic E-state index is 13.0. The largest absolute Gasteiger partial charge is 0.337 e. The van der Waals surface area contributed by atoms with Crippen LogP contribution in [-0.2, 0) is 16.6 Å². The lowest BCUT2D eigenvalue weighted by atomic mass is 10.1. The Kier molecular flexibility index (Phi) is 4.77. The van der Waals surface area contributed by atoms with Crippen molar-refractivity contribution in [1.82, 2.24) is 9.21 Å². The van der Waals surface area contributed by atoms with Gasteiger partial charge >= 0.3 is 0 Å². The van der Waals surface area contributed by atoms with E-state index in [9.17, 15) is 22.4 Å². The van der Waals surface area contributed by atoms with Gasteiger partial charge in [0.25, 0.3) is 21.8 Å². The Labute approximate surface area is 157 Å². The van der Waals surface area contributed by atoms with Gasteiger partial charge in [-0.3, -0.25) is 9.59 Å². The minimum Gasteiger partial charge on any atom is -0.337 e. The fraction of sp³-hybridized carbons (Fsp3) is 0.263. The molecule has 0 aliphatic carbocycles. The fourth-order valence-corrected chi connectivity index (χ4v) is 4.84. The lowest BCUT2D eigenvalue weighted by Crippen LogP contribution is -2.36. The highest BCUT2D eigenvalue weighted by molar-refractivity contribution is 7.90. The van der Waals surface area contributed by atoms with Crippen molar-refractivity contribution in [2.45, 2.75) is 31.3 Å². The number of carbonyl (C=O) groups is 2. The van der Waals surface area contributed by atoms with Crippen LogP contribution in [0.4, 0.5) is 4.39 Å². The second-order valence-corrected chi connectivity index (χ2v) is 8.48. The topological polar surface area (TPSA) is 74.8 Å². The molecule has 8 heteroatoms. The quantitative estimate of drug-likeness (QED) is 0.804. The molecular weight excluding hydrogens is 371 g/mol. The Morgan fingerprint density at radius 2 is 1.78 bits per heavy atom. The molecule has 0 radical (unpaired) electrons. The van der Waals surface area contributed by atoms with Gasteiger partial charge in [-0.25, -0.2) is 17.1 Å².